The Bertz CT molecular complexity index is 948. The van der Waals surface area contributed by atoms with Gasteiger partial charge in [-0.05, 0) is 47.2 Å². The standard InChI is InChI=1S/C27H30FNO2/c28-24(17-21-7-3-1-4-8-21)14-16-29-15-13-23-18-25(11-12-26(23)27(30)19-29)31-20-22-9-5-2-6-10-22/h1-12,18,24,27,30H,13-17,19-20H2. The predicted octanol–water partition coefficient (Wildman–Crippen LogP) is 5.13. The molecule has 2 atom stereocenters. The molecule has 0 radical (unpaired) electrons. The molecule has 0 aliphatic carbocycles. The van der Waals surface area contributed by atoms with Gasteiger partial charge in [-0.1, -0.05) is 66.7 Å². The SMILES string of the molecule is OC1CN(CCC(F)Cc2ccccc2)CCc2cc(OCc3ccccc3)ccc21. The highest BCUT2D eigenvalue weighted by Crippen LogP contribution is 2.28. The Hall–Kier alpha value is -2.69. The van der Waals surface area contributed by atoms with Crippen molar-refractivity contribution in [3.8, 4) is 5.75 Å². The Kier molecular flexibility index (Phi) is 7.34. The van der Waals surface area contributed by atoms with E-state index in [1.54, 1.807) is 0 Å². The van der Waals surface area contributed by atoms with Crippen LogP contribution in [-0.2, 0) is 19.4 Å². The molecule has 3 aromatic rings. The topological polar surface area (TPSA) is 32.7 Å². The molecule has 1 heterocycles. The summed E-state index contributed by atoms with van der Waals surface area (Å²) in [6, 6.07) is 25.8. The number of hydrogen-bond acceptors (Lipinski definition) is 3. The zero-order valence-electron chi connectivity index (χ0n) is 17.8. The normalized spacial score (nSPS) is 17.5. The summed E-state index contributed by atoms with van der Waals surface area (Å²) in [7, 11) is 0. The maximum atomic E-state index is 14.5. The van der Waals surface area contributed by atoms with Crippen LogP contribution in [0.25, 0.3) is 0 Å². The minimum Gasteiger partial charge on any atom is -0.489 e. The molecular weight excluding hydrogens is 389 g/mol. The number of fused-ring (bicyclic) bond motifs is 1. The second-order valence-electron chi connectivity index (χ2n) is 8.28. The maximum absolute atomic E-state index is 14.5. The van der Waals surface area contributed by atoms with Crippen molar-refractivity contribution in [2.24, 2.45) is 0 Å². The fourth-order valence-electron chi connectivity index (χ4n) is 4.16. The van der Waals surface area contributed by atoms with Crippen molar-refractivity contribution in [1.82, 2.24) is 4.90 Å². The van der Waals surface area contributed by atoms with Crippen LogP contribution in [0.5, 0.6) is 5.75 Å². The summed E-state index contributed by atoms with van der Waals surface area (Å²) in [5, 5.41) is 10.7. The van der Waals surface area contributed by atoms with Gasteiger partial charge in [0.2, 0.25) is 0 Å². The first-order valence-electron chi connectivity index (χ1n) is 11.1. The molecule has 1 aliphatic rings. The van der Waals surface area contributed by atoms with E-state index in [2.05, 4.69) is 4.90 Å². The van der Waals surface area contributed by atoms with Gasteiger partial charge >= 0.3 is 0 Å². The van der Waals surface area contributed by atoms with Crippen molar-refractivity contribution in [1.29, 1.82) is 0 Å². The van der Waals surface area contributed by atoms with Crippen molar-refractivity contribution in [3.05, 3.63) is 101 Å². The summed E-state index contributed by atoms with van der Waals surface area (Å²) in [5.74, 6) is 0.815. The van der Waals surface area contributed by atoms with E-state index in [-0.39, 0.29) is 0 Å². The van der Waals surface area contributed by atoms with Crippen LogP contribution in [0, 0.1) is 0 Å². The predicted molar refractivity (Wildman–Crippen MR) is 122 cm³/mol. The first kappa shape index (κ1) is 21.5. The molecule has 162 valence electrons. The molecule has 0 fully saturated rings. The summed E-state index contributed by atoms with van der Waals surface area (Å²) >= 11 is 0. The van der Waals surface area contributed by atoms with Gasteiger partial charge < -0.3 is 9.84 Å². The second kappa shape index (κ2) is 10.6. The van der Waals surface area contributed by atoms with Gasteiger partial charge in [0.05, 0.1) is 6.10 Å². The van der Waals surface area contributed by atoms with E-state index in [4.69, 9.17) is 4.74 Å². The highest BCUT2D eigenvalue weighted by Gasteiger charge is 2.22. The number of β-amino-alcohol motifs (C(OH)–C–C–N with tert-alkyl or cyclic N) is 1. The fourth-order valence-corrected chi connectivity index (χ4v) is 4.16. The molecule has 3 nitrogen and oxygen atoms in total. The molecule has 0 saturated carbocycles. The van der Waals surface area contributed by atoms with Gasteiger partial charge in [0.1, 0.15) is 18.5 Å². The lowest BCUT2D eigenvalue weighted by Crippen LogP contribution is -2.31. The van der Waals surface area contributed by atoms with Crippen LogP contribution in [0.3, 0.4) is 0 Å². The van der Waals surface area contributed by atoms with E-state index in [0.717, 1.165) is 41.0 Å². The van der Waals surface area contributed by atoms with E-state index >= 15 is 0 Å². The second-order valence-corrected chi connectivity index (χ2v) is 8.28. The lowest BCUT2D eigenvalue weighted by atomic mass is 10.0. The summed E-state index contributed by atoms with van der Waals surface area (Å²) in [4.78, 5) is 2.17. The van der Waals surface area contributed by atoms with Crippen LogP contribution in [0.2, 0.25) is 0 Å². The number of alkyl halides is 1. The molecule has 4 rings (SSSR count). The van der Waals surface area contributed by atoms with Gasteiger partial charge in [-0.15, -0.1) is 0 Å². The Morgan fingerprint density at radius 2 is 1.68 bits per heavy atom. The number of aliphatic hydroxyl groups excluding tert-OH is 1. The van der Waals surface area contributed by atoms with Crippen molar-refractivity contribution in [2.45, 2.75) is 38.1 Å². The van der Waals surface area contributed by atoms with E-state index in [1.165, 1.54) is 0 Å². The zero-order chi connectivity index (χ0) is 21.5. The summed E-state index contributed by atoms with van der Waals surface area (Å²) in [5.41, 5.74) is 4.22. The molecule has 2 unspecified atom stereocenters. The van der Waals surface area contributed by atoms with Crippen LogP contribution in [-0.4, -0.2) is 35.8 Å². The van der Waals surface area contributed by atoms with Crippen LogP contribution in [0.4, 0.5) is 4.39 Å². The Balaban J connectivity index is 1.31. The number of rotatable bonds is 8. The van der Waals surface area contributed by atoms with E-state index < -0.39 is 12.3 Å². The number of halogens is 1. The molecule has 0 saturated heterocycles. The largest absolute Gasteiger partial charge is 0.489 e. The van der Waals surface area contributed by atoms with Gasteiger partial charge in [0.25, 0.3) is 0 Å². The minimum absolute atomic E-state index is 0.444. The van der Waals surface area contributed by atoms with Gasteiger partial charge in [0.15, 0.2) is 0 Å². The molecule has 0 bridgehead atoms. The molecule has 0 amide bonds. The van der Waals surface area contributed by atoms with Gasteiger partial charge in [-0.2, -0.15) is 0 Å². The Labute approximate surface area is 184 Å². The number of nitrogens with zero attached hydrogens (tertiary/aromatic N) is 1. The molecule has 1 aliphatic heterocycles. The van der Waals surface area contributed by atoms with Crippen LogP contribution in [0.15, 0.2) is 78.9 Å². The molecule has 3 aromatic carbocycles. The molecule has 0 spiro atoms. The van der Waals surface area contributed by atoms with Crippen LogP contribution < -0.4 is 4.74 Å². The number of hydrogen-bond donors (Lipinski definition) is 1. The van der Waals surface area contributed by atoms with Crippen molar-refractivity contribution >= 4 is 0 Å². The third-order valence-electron chi connectivity index (χ3n) is 5.91. The van der Waals surface area contributed by atoms with Gasteiger partial charge in [0, 0.05) is 26.1 Å². The number of benzene rings is 3. The smallest absolute Gasteiger partial charge is 0.120 e. The first-order chi connectivity index (χ1) is 15.2. The van der Waals surface area contributed by atoms with Crippen molar-refractivity contribution in [3.63, 3.8) is 0 Å². The van der Waals surface area contributed by atoms with E-state index in [1.807, 2.05) is 78.9 Å². The molecule has 31 heavy (non-hydrogen) atoms. The Morgan fingerprint density at radius 3 is 2.42 bits per heavy atom. The summed E-state index contributed by atoms with van der Waals surface area (Å²) in [6.07, 6.45) is 0.309. The highest BCUT2D eigenvalue weighted by molar-refractivity contribution is 5.38. The molecule has 1 N–H and O–H groups in total. The Morgan fingerprint density at radius 1 is 0.968 bits per heavy atom. The van der Waals surface area contributed by atoms with Crippen molar-refractivity contribution < 1.29 is 14.2 Å². The lowest BCUT2D eigenvalue weighted by molar-refractivity contribution is 0.113. The molecule has 4 heteroatoms. The zero-order valence-corrected chi connectivity index (χ0v) is 17.8. The minimum atomic E-state index is -0.872. The van der Waals surface area contributed by atoms with Crippen LogP contribution in [0.1, 0.15) is 34.8 Å². The lowest BCUT2D eigenvalue weighted by Gasteiger charge is -2.23. The molecule has 0 aromatic heterocycles. The monoisotopic (exact) mass is 419 g/mol. The summed E-state index contributed by atoms with van der Waals surface area (Å²) < 4.78 is 20.4. The third kappa shape index (κ3) is 6.16. The average Bonchev–Trinajstić information content (AvgIpc) is 2.96. The number of aliphatic hydroxyl groups is 1. The fraction of sp³-hybridized carbons (Fsp3) is 0.333. The highest BCUT2D eigenvalue weighted by atomic mass is 19.1. The van der Waals surface area contributed by atoms with Gasteiger partial charge in [-0.25, -0.2) is 4.39 Å². The van der Waals surface area contributed by atoms with Gasteiger partial charge in [-0.3, -0.25) is 4.90 Å². The quantitative estimate of drug-likeness (QED) is 0.550. The van der Waals surface area contributed by atoms with E-state index in [0.29, 0.717) is 32.5 Å². The van der Waals surface area contributed by atoms with E-state index in [9.17, 15) is 9.50 Å². The number of ether oxygens (including phenoxy) is 1. The van der Waals surface area contributed by atoms with Crippen LogP contribution >= 0.6 is 0 Å². The third-order valence-corrected chi connectivity index (χ3v) is 5.91. The molecular formula is C27H30FNO2. The first-order valence-corrected chi connectivity index (χ1v) is 11.1. The summed E-state index contributed by atoms with van der Waals surface area (Å²) in [6.45, 7) is 2.52. The average molecular weight is 420 g/mol. The van der Waals surface area contributed by atoms with Crippen molar-refractivity contribution in [2.75, 3.05) is 19.6 Å². The maximum Gasteiger partial charge on any atom is 0.120 e.